The van der Waals surface area contributed by atoms with Crippen LogP contribution in [0.3, 0.4) is 0 Å². The van der Waals surface area contributed by atoms with Crippen molar-refractivity contribution in [3.8, 4) is 17.2 Å². The van der Waals surface area contributed by atoms with Crippen LogP contribution in [0.15, 0.2) is 77.3 Å². The van der Waals surface area contributed by atoms with Gasteiger partial charge in [-0.1, -0.05) is 48.5 Å². The number of carbonyl (C=O) groups is 2. The summed E-state index contributed by atoms with van der Waals surface area (Å²) in [6.45, 7) is 8.70. The van der Waals surface area contributed by atoms with E-state index in [0.717, 1.165) is 17.1 Å². The first-order valence-electron chi connectivity index (χ1n) is 15.4. The lowest BCUT2D eigenvalue weighted by molar-refractivity contribution is 0.0343. The van der Waals surface area contributed by atoms with Crippen LogP contribution in [0.25, 0.3) is 0 Å². The molecule has 5 rings (SSSR count). The first-order valence-corrected chi connectivity index (χ1v) is 15.4. The van der Waals surface area contributed by atoms with Gasteiger partial charge in [0.2, 0.25) is 0 Å². The molecule has 3 aromatic carbocycles. The fourth-order valence-corrected chi connectivity index (χ4v) is 5.46. The van der Waals surface area contributed by atoms with E-state index in [1.165, 1.54) is 0 Å². The number of nitrogens with zero attached hydrogens (tertiary/aromatic N) is 3. The van der Waals surface area contributed by atoms with Crippen LogP contribution in [0, 0.1) is 19.8 Å². The Bertz CT molecular complexity index is 1620. The van der Waals surface area contributed by atoms with Gasteiger partial charge in [0.05, 0.1) is 23.9 Å². The number of aryl methyl sites for hydroxylation is 2. The zero-order chi connectivity index (χ0) is 32.8. The number of anilines is 2. The summed E-state index contributed by atoms with van der Waals surface area (Å²) in [6, 6.07) is 21.8. The second-order valence-corrected chi connectivity index (χ2v) is 11.8. The maximum absolute atomic E-state index is 13.8. The molecule has 11 heteroatoms. The first-order chi connectivity index (χ1) is 22.1. The standard InChI is InChI=1S/C35H41N5O6/c1-22-18-40(23(2)21-41)34(42)29-12-9-13-30(36-35(43)37-32-24(3)38-46-25(32)4)33(29)45-31(22)20-39(5)19-26-14-16-28(17-15-26)44-27-10-7-6-8-11-27/h6-17,22-23,31,41H,18-21H2,1-5H3,(H2,36,37,43)/t22-,23-,31+/m0/s1. The molecule has 2 heterocycles. The van der Waals surface area contributed by atoms with E-state index in [0.29, 0.717) is 48.0 Å². The predicted molar refractivity (Wildman–Crippen MR) is 176 cm³/mol. The third kappa shape index (κ3) is 7.67. The highest BCUT2D eigenvalue weighted by Crippen LogP contribution is 2.35. The third-order valence-electron chi connectivity index (χ3n) is 8.06. The van der Waals surface area contributed by atoms with Crippen LogP contribution in [0.4, 0.5) is 16.2 Å². The van der Waals surface area contributed by atoms with Crippen LogP contribution in [0.5, 0.6) is 17.2 Å². The van der Waals surface area contributed by atoms with Gasteiger partial charge in [-0.15, -0.1) is 0 Å². The smallest absolute Gasteiger partial charge is 0.323 e. The number of urea groups is 1. The van der Waals surface area contributed by atoms with Crippen molar-refractivity contribution in [1.82, 2.24) is 15.0 Å². The van der Waals surface area contributed by atoms with E-state index in [-0.39, 0.29) is 30.3 Å². The fraction of sp³-hybridized carbons (Fsp3) is 0.343. The van der Waals surface area contributed by atoms with Crippen LogP contribution < -0.4 is 20.1 Å². The molecule has 3 amide bonds. The molecule has 1 aliphatic rings. The van der Waals surface area contributed by atoms with Crippen molar-refractivity contribution < 1.29 is 28.7 Å². The Labute approximate surface area is 269 Å². The van der Waals surface area contributed by atoms with Gasteiger partial charge >= 0.3 is 6.03 Å². The molecule has 3 atom stereocenters. The zero-order valence-electron chi connectivity index (χ0n) is 26.8. The Balaban J connectivity index is 1.35. The Morgan fingerprint density at radius 1 is 1.07 bits per heavy atom. The number of aliphatic hydroxyl groups excluding tert-OH is 1. The van der Waals surface area contributed by atoms with E-state index in [9.17, 15) is 14.7 Å². The highest BCUT2D eigenvalue weighted by Gasteiger charge is 2.34. The van der Waals surface area contributed by atoms with E-state index >= 15 is 0 Å². The van der Waals surface area contributed by atoms with Gasteiger partial charge in [-0.25, -0.2) is 4.79 Å². The van der Waals surface area contributed by atoms with E-state index in [1.807, 2.05) is 75.5 Å². The molecule has 0 saturated heterocycles. The summed E-state index contributed by atoms with van der Waals surface area (Å²) in [4.78, 5) is 30.7. The van der Waals surface area contributed by atoms with Crippen molar-refractivity contribution in [2.75, 3.05) is 37.4 Å². The lowest BCUT2D eigenvalue weighted by Crippen LogP contribution is -2.49. The molecule has 0 fully saturated rings. The summed E-state index contributed by atoms with van der Waals surface area (Å²) < 4.78 is 17.7. The molecule has 46 heavy (non-hydrogen) atoms. The second-order valence-electron chi connectivity index (χ2n) is 11.8. The minimum Gasteiger partial charge on any atom is -0.486 e. The van der Waals surface area contributed by atoms with Crippen molar-refractivity contribution in [2.24, 2.45) is 5.92 Å². The zero-order valence-corrected chi connectivity index (χ0v) is 26.8. The van der Waals surface area contributed by atoms with Crippen molar-refractivity contribution in [3.05, 3.63) is 95.4 Å². The molecule has 11 nitrogen and oxygen atoms in total. The fourth-order valence-electron chi connectivity index (χ4n) is 5.46. The maximum Gasteiger partial charge on any atom is 0.323 e. The number of likely N-dealkylation sites (N-methyl/N-ethyl adjacent to an activating group) is 1. The normalized spacial score (nSPS) is 17.0. The summed E-state index contributed by atoms with van der Waals surface area (Å²) in [6.07, 6.45) is -0.348. The Morgan fingerprint density at radius 2 is 1.78 bits per heavy atom. The van der Waals surface area contributed by atoms with Gasteiger partial charge in [0.15, 0.2) is 11.5 Å². The molecule has 0 spiro atoms. The van der Waals surface area contributed by atoms with Crippen molar-refractivity contribution >= 4 is 23.3 Å². The third-order valence-corrected chi connectivity index (χ3v) is 8.06. The quantitative estimate of drug-likeness (QED) is 0.193. The number of aromatic nitrogens is 1. The number of aliphatic hydroxyl groups is 1. The van der Waals surface area contributed by atoms with Gasteiger partial charge < -0.3 is 34.6 Å². The van der Waals surface area contributed by atoms with Crippen LogP contribution in [-0.2, 0) is 6.54 Å². The summed E-state index contributed by atoms with van der Waals surface area (Å²) in [5.74, 6) is 1.92. The molecule has 0 radical (unpaired) electrons. The number of para-hydroxylation sites is 2. The van der Waals surface area contributed by atoms with Crippen molar-refractivity contribution in [2.45, 2.75) is 46.4 Å². The molecule has 3 N–H and O–H groups in total. The Hall–Kier alpha value is -4.87. The van der Waals surface area contributed by atoms with E-state index in [1.54, 1.807) is 36.9 Å². The molecule has 242 valence electrons. The highest BCUT2D eigenvalue weighted by molar-refractivity contribution is 6.04. The maximum atomic E-state index is 13.8. The molecular weight excluding hydrogens is 586 g/mol. The lowest BCUT2D eigenvalue weighted by Gasteiger charge is -2.38. The van der Waals surface area contributed by atoms with E-state index < -0.39 is 12.1 Å². The first kappa shape index (κ1) is 32.5. The van der Waals surface area contributed by atoms with Gasteiger partial charge in [0, 0.05) is 25.6 Å². The van der Waals surface area contributed by atoms with Gasteiger partial charge in [-0.3, -0.25) is 9.69 Å². The number of fused-ring (bicyclic) bond motifs is 1. The second kappa shape index (κ2) is 14.5. The van der Waals surface area contributed by atoms with Gasteiger partial charge in [0.25, 0.3) is 5.91 Å². The number of rotatable bonds is 10. The summed E-state index contributed by atoms with van der Waals surface area (Å²) in [7, 11) is 2.02. The minimum atomic E-state index is -0.525. The van der Waals surface area contributed by atoms with E-state index in [4.69, 9.17) is 14.0 Å². The number of benzene rings is 3. The summed E-state index contributed by atoms with van der Waals surface area (Å²) in [5, 5.41) is 19.5. The molecule has 1 aliphatic heterocycles. The molecule has 1 aromatic heterocycles. The van der Waals surface area contributed by atoms with Crippen molar-refractivity contribution in [1.29, 1.82) is 0 Å². The monoisotopic (exact) mass is 627 g/mol. The Kier molecular flexibility index (Phi) is 10.2. The lowest BCUT2D eigenvalue weighted by atomic mass is 9.99. The number of nitrogens with one attached hydrogen (secondary N) is 2. The van der Waals surface area contributed by atoms with Crippen LogP contribution in [0.2, 0.25) is 0 Å². The summed E-state index contributed by atoms with van der Waals surface area (Å²) in [5.41, 5.74) is 2.78. The Morgan fingerprint density at radius 3 is 2.46 bits per heavy atom. The molecular formula is C35H41N5O6. The molecule has 0 unspecified atom stereocenters. The summed E-state index contributed by atoms with van der Waals surface area (Å²) >= 11 is 0. The van der Waals surface area contributed by atoms with Gasteiger partial charge in [0.1, 0.15) is 29.0 Å². The number of amides is 3. The number of carbonyl (C=O) groups excluding carboxylic acids is 2. The van der Waals surface area contributed by atoms with Crippen molar-refractivity contribution in [3.63, 3.8) is 0 Å². The SMILES string of the molecule is Cc1noc(C)c1NC(=O)Nc1cccc2c1O[C@H](CN(C)Cc1ccc(Oc3ccccc3)cc1)[C@@H](C)CN([C@@H](C)CO)C2=O. The highest BCUT2D eigenvalue weighted by atomic mass is 16.5. The number of ether oxygens (including phenoxy) is 2. The average Bonchev–Trinajstić information content (AvgIpc) is 3.36. The molecule has 4 aromatic rings. The van der Waals surface area contributed by atoms with Crippen LogP contribution in [-0.4, -0.2) is 70.9 Å². The van der Waals surface area contributed by atoms with Crippen LogP contribution in [0.1, 0.15) is 41.2 Å². The van der Waals surface area contributed by atoms with E-state index in [2.05, 4.69) is 20.7 Å². The average molecular weight is 628 g/mol. The van der Waals surface area contributed by atoms with Crippen LogP contribution >= 0.6 is 0 Å². The topological polar surface area (TPSA) is 129 Å². The number of hydrogen-bond acceptors (Lipinski definition) is 8. The molecule has 0 aliphatic carbocycles. The number of hydrogen-bond donors (Lipinski definition) is 3. The van der Waals surface area contributed by atoms with Gasteiger partial charge in [-0.05, 0) is 69.8 Å². The minimum absolute atomic E-state index is 0.0978. The van der Waals surface area contributed by atoms with Gasteiger partial charge in [-0.2, -0.15) is 0 Å². The molecule has 0 saturated carbocycles. The largest absolute Gasteiger partial charge is 0.486 e. The predicted octanol–water partition coefficient (Wildman–Crippen LogP) is 6.08. The molecule has 0 bridgehead atoms.